The number of carbonyl (C=O) groups is 2. The molecular weight excluding hydrogens is 474 g/mol. The number of rotatable bonds is 6. The topological polar surface area (TPSA) is 105 Å². The first-order chi connectivity index (χ1) is 16.4. The number of nitrogens with zero attached hydrogens (tertiary/aromatic N) is 4. The fourth-order valence-electron chi connectivity index (χ4n) is 3.94. The van der Waals surface area contributed by atoms with Crippen LogP contribution in [0.15, 0.2) is 77.3 Å². The highest BCUT2D eigenvalue weighted by Crippen LogP contribution is 2.23. The SMILES string of the molecule is O=C(Cn1ccc2ccccc21)N1CCN(c2ccc(S(=O)(=O)Nc3nccs3)cc2)C(=O)C1.[HH]. The monoisotopic (exact) mass is 497 g/mol. The van der Waals surface area contributed by atoms with E-state index >= 15 is 0 Å². The number of thiazole rings is 1. The smallest absolute Gasteiger partial charge is 0.263 e. The molecule has 1 N–H and O–H groups in total. The number of para-hydroxylation sites is 1. The zero-order chi connectivity index (χ0) is 23.7. The second-order valence-electron chi connectivity index (χ2n) is 7.80. The van der Waals surface area contributed by atoms with Gasteiger partial charge < -0.3 is 14.4 Å². The largest absolute Gasteiger partial charge is 0.338 e. The average Bonchev–Trinajstić information content (AvgIpc) is 3.49. The fourth-order valence-corrected chi connectivity index (χ4v) is 5.72. The lowest BCUT2D eigenvalue weighted by Gasteiger charge is -2.34. The number of anilines is 2. The van der Waals surface area contributed by atoms with E-state index in [9.17, 15) is 18.0 Å². The van der Waals surface area contributed by atoms with Crippen LogP contribution in [0, 0.1) is 0 Å². The molecule has 0 spiro atoms. The Kier molecular flexibility index (Phi) is 5.80. The summed E-state index contributed by atoms with van der Waals surface area (Å²) in [5.41, 5.74) is 1.56. The number of carbonyl (C=O) groups excluding carboxylic acids is 2. The van der Waals surface area contributed by atoms with Crippen LogP contribution in [-0.2, 0) is 26.2 Å². The van der Waals surface area contributed by atoms with Crippen LogP contribution in [0.4, 0.5) is 10.8 Å². The van der Waals surface area contributed by atoms with Crippen molar-refractivity contribution in [1.29, 1.82) is 0 Å². The molecule has 3 heterocycles. The summed E-state index contributed by atoms with van der Waals surface area (Å²) in [6, 6.07) is 15.9. The molecule has 0 bridgehead atoms. The van der Waals surface area contributed by atoms with Crippen molar-refractivity contribution in [2.75, 3.05) is 29.3 Å². The molecule has 0 unspecified atom stereocenters. The molecular formula is C23H23N5O4S2. The molecule has 5 rings (SSSR count). The molecule has 1 aliphatic heterocycles. The van der Waals surface area contributed by atoms with Gasteiger partial charge in [-0.25, -0.2) is 13.4 Å². The van der Waals surface area contributed by atoms with E-state index in [2.05, 4.69) is 9.71 Å². The maximum Gasteiger partial charge on any atom is 0.263 e. The standard InChI is InChI=1S/C23H21N5O4S2.H2/c29-21(15-26-11-9-17-3-1-2-4-20(17)26)27-12-13-28(22(30)16-27)18-5-7-19(8-6-18)34(31,32)25-23-24-10-14-33-23;/h1-11,14H,12-13,15-16H2,(H,24,25);1H. The Hall–Kier alpha value is -3.70. The minimum atomic E-state index is -3.77. The van der Waals surface area contributed by atoms with Crippen LogP contribution in [0.3, 0.4) is 0 Å². The zero-order valence-electron chi connectivity index (χ0n) is 18.0. The molecule has 176 valence electrons. The first-order valence-electron chi connectivity index (χ1n) is 10.6. The van der Waals surface area contributed by atoms with Crippen LogP contribution in [0.2, 0.25) is 0 Å². The number of amides is 2. The summed E-state index contributed by atoms with van der Waals surface area (Å²) in [6.45, 7) is 0.874. The van der Waals surface area contributed by atoms with Crippen LogP contribution in [0.25, 0.3) is 10.9 Å². The van der Waals surface area contributed by atoms with Gasteiger partial charge in [0, 0.05) is 43.5 Å². The third-order valence-electron chi connectivity index (χ3n) is 5.67. The first kappa shape index (κ1) is 22.1. The van der Waals surface area contributed by atoms with E-state index in [1.165, 1.54) is 29.7 Å². The zero-order valence-corrected chi connectivity index (χ0v) is 19.6. The summed E-state index contributed by atoms with van der Waals surface area (Å²) in [5, 5.41) is 3.02. The number of hydrogen-bond acceptors (Lipinski definition) is 6. The third kappa shape index (κ3) is 4.39. The van der Waals surface area contributed by atoms with Gasteiger partial charge in [-0.05, 0) is 41.8 Å². The van der Waals surface area contributed by atoms with Crippen molar-refractivity contribution in [1.82, 2.24) is 14.5 Å². The lowest BCUT2D eigenvalue weighted by molar-refractivity contribution is -0.137. The normalized spacial score (nSPS) is 14.5. The highest BCUT2D eigenvalue weighted by molar-refractivity contribution is 7.93. The number of hydrogen-bond donors (Lipinski definition) is 1. The number of benzene rings is 2. The maximum atomic E-state index is 12.8. The molecule has 1 fully saturated rings. The number of piperazine rings is 1. The molecule has 1 saturated heterocycles. The summed E-state index contributed by atoms with van der Waals surface area (Å²) in [4.78, 5) is 32.8. The molecule has 2 amide bonds. The van der Waals surface area contributed by atoms with E-state index in [0.717, 1.165) is 10.9 Å². The Balaban J connectivity index is 0.00000289. The van der Waals surface area contributed by atoms with Gasteiger partial charge in [0.1, 0.15) is 13.1 Å². The summed E-state index contributed by atoms with van der Waals surface area (Å²) in [6.07, 6.45) is 3.39. The Morgan fingerprint density at radius 2 is 1.88 bits per heavy atom. The van der Waals surface area contributed by atoms with Gasteiger partial charge in [-0.3, -0.25) is 14.3 Å². The van der Waals surface area contributed by atoms with E-state index < -0.39 is 10.0 Å². The molecule has 0 radical (unpaired) electrons. The molecule has 11 heteroatoms. The first-order valence-corrected chi connectivity index (χ1v) is 12.9. The van der Waals surface area contributed by atoms with Gasteiger partial charge in [0.05, 0.1) is 4.90 Å². The highest BCUT2D eigenvalue weighted by Gasteiger charge is 2.28. The van der Waals surface area contributed by atoms with Crippen molar-refractivity contribution >= 4 is 54.9 Å². The van der Waals surface area contributed by atoms with E-state index in [1.54, 1.807) is 27.3 Å². The van der Waals surface area contributed by atoms with Gasteiger partial charge in [-0.2, -0.15) is 0 Å². The van der Waals surface area contributed by atoms with Crippen molar-refractivity contribution in [2.45, 2.75) is 11.4 Å². The average molecular weight is 498 g/mol. The van der Waals surface area contributed by atoms with Crippen molar-refractivity contribution in [3.05, 3.63) is 72.4 Å². The Morgan fingerprint density at radius 1 is 1.09 bits per heavy atom. The molecule has 0 atom stereocenters. The summed E-state index contributed by atoms with van der Waals surface area (Å²) >= 11 is 1.19. The molecule has 34 heavy (non-hydrogen) atoms. The van der Waals surface area contributed by atoms with Gasteiger partial charge in [-0.1, -0.05) is 18.2 Å². The van der Waals surface area contributed by atoms with Crippen molar-refractivity contribution in [2.24, 2.45) is 0 Å². The van der Waals surface area contributed by atoms with Gasteiger partial charge in [0.25, 0.3) is 10.0 Å². The van der Waals surface area contributed by atoms with E-state index in [-0.39, 0.29) is 36.4 Å². The molecule has 4 aromatic rings. The Morgan fingerprint density at radius 3 is 2.62 bits per heavy atom. The summed E-state index contributed by atoms with van der Waals surface area (Å²) in [5.74, 6) is -0.336. The van der Waals surface area contributed by atoms with Crippen molar-refractivity contribution in [3.63, 3.8) is 0 Å². The predicted molar refractivity (Wildman–Crippen MR) is 132 cm³/mol. The lowest BCUT2D eigenvalue weighted by Crippen LogP contribution is -2.53. The molecule has 9 nitrogen and oxygen atoms in total. The Labute approximate surface area is 201 Å². The number of nitrogens with one attached hydrogen (secondary N) is 1. The third-order valence-corrected chi connectivity index (χ3v) is 7.84. The molecule has 1 aliphatic rings. The van der Waals surface area contributed by atoms with Gasteiger partial charge in [0.15, 0.2) is 5.13 Å². The molecule has 0 aliphatic carbocycles. The van der Waals surface area contributed by atoms with Crippen molar-refractivity contribution in [3.8, 4) is 0 Å². The summed E-state index contributed by atoms with van der Waals surface area (Å²) < 4.78 is 29.3. The Bertz CT molecular complexity index is 1450. The number of aromatic nitrogens is 2. The van der Waals surface area contributed by atoms with Crippen LogP contribution >= 0.6 is 11.3 Å². The predicted octanol–water partition coefficient (Wildman–Crippen LogP) is 3.02. The minimum absolute atomic E-state index is 0. The van der Waals surface area contributed by atoms with Gasteiger partial charge in [-0.15, -0.1) is 11.3 Å². The van der Waals surface area contributed by atoms with Crippen LogP contribution in [-0.4, -0.2) is 54.3 Å². The molecule has 2 aromatic carbocycles. The number of fused-ring (bicyclic) bond motifs is 1. The van der Waals surface area contributed by atoms with E-state index in [1.807, 2.05) is 41.1 Å². The van der Waals surface area contributed by atoms with Crippen LogP contribution in [0.1, 0.15) is 1.43 Å². The fraction of sp³-hybridized carbons (Fsp3) is 0.174. The molecule has 0 saturated carbocycles. The lowest BCUT2D eigenvalue weighted by atomic mass is 10.2. The van der Waals surface area contributed by atoms with E-state index in [0.29, 0.717) is 18.8 Å². The minimum Gasteiger partial charge on any atom is -0.338 e. The van der Waals surface area contributed by atoms with E-state index in [4.69, 9.17) is 0 Å². The maximum absolute atomic E-state index is 12.8. The molecule has 2 aromatic heterocycles. The summed E-state index contributed by atoms with van der Waals surface area (Å²) in [7, 11) is -3.77. The quantitative estimate of drug-likeness (QED) is 0.441. The second kappa shape index (κ2) is 8.92. The highest BCUT2D eigenvalue weighted by atomic mass is 32.2. The van der Waals surface area contributed by atoms with Crippen molar-refractivity contribution < 1.29 is 19.4 Å². The van der Waals surface area contributed by atoms with Gasteiger partial charge in [0.2, 0.25) is 11.8 Å². The van der Waals surface area contributed by atoms with Crippen LogP contribution in [0.5, 0.6) is 0 Å². The van der Waals surface area contributed by atoms with Gasteiger partial charge >= 0.3 is 0 Å². The second-order valence-corrected chi connectivity index (χ2v) is 10.4. The number of sulfonamides is 1. The van der Waals surface area contributed by atoms with Crippen LogP contribution < -0.4 is 9.62 Å².